The highest BCUT2D eigenvalue weighted by Gasteiger charge is 2.74. The van der Waals surface area contributed by atoms with E-state index in [1.165, 1.54) is 0 Å². The Bertz CT molecular complexity index is 1270. The van der Waals surface area contributed by atoms with Crippen LogP contribution in [0.3, 0.4) is 0 Å². The van der Waals surface area contributed by atoms with Gasteiger partial charge >= 0.3 is 0 Å². The van der Waals surface area contributed by atoms with Gasteiger partial charge in [0.2, 0.25) is 17.7 Å². The smallest absolute Gasteiger partial charge is 0.247 e. The minimum atomic E-state index is -0.850. The van der Waals surface area contributed by atoms with Crippen molar-refractivity contribution in [2.75, 3.05) is 31.1 Å². The number of thioether (sulfide) groups is 1. The molecule has 42 heavy (non-hydrogen) atoms. The van der Waals surface area contributed by atoms with E-state index in [2.05, 4.69) is 59.8 Å². The van der Waals surface area contributed by atoms with Crippen molar-refractivity contribution in [2.45, 2.75) is 88.3 Å². The van der Waals surface area contributed by atoms with E-state index < -0.39 is 32.9 Å². The first kappa shape index (κ1) is 30.9. The number of aliphatic hydroxyl groups is 1. The summed E-state index contributed by atoms with van der Waals surface area (Å²) >= 11 is 1.64. The van der Waals surface area contributed by atoms with Crippen LogP contribution in [0.2, 0.25) is 0 Å². The molecule has 1 aromatic carbocycles. The van der Waals surface area contributed by atoms with E-state index in [0.29, 0.717) is 32.5 Å². The number of likely N-dealkylation sites (tertiary alicyclic amines) is 1. The second kappa shape index (κ2) is 11.2. The van der Waals surface area contributed by atoms with Crippen LogP contribution in [0.15, 0.2) is 54.6 Å². The van der Waals surface area contributed by atoms with Crippen molar-refractivity contribution in [1.29, 1.82) is 0 Å². The highest BCUT2D eigenvalue weighted by atomic mass is 32.2. The summed E-state index contributed by atoms with van der Waals surface area (Å²) < 4.78 is -1.49. The van der Waals surface area contributed by atoms with E-state index in [9.17, 15) is 19.5 Å². The largest absolute Gasteiger partial charge is 0.396 e. The maximum absolute atomic E-state index is 14.8. The first-order valence-electron chi connectivity index (χ1n) is 15.4. The van der Waals surface area contributed by atoms with Crippen molar-refractivity contribution in [2.24, 2.45) is 17.3 Å². The van der Waals surface area contributed by atoms with Crippen LogP contribution in [0, 0.1) is 17.3 Å². The molecule has 8 heteroatoms. The van der Waals surface area contributed by atoms with Crippen molar-refractivity contribution in [3.63, 3.8) is 0 Å². The zero-order valence-corrected chi connectivity index (χ0v) is 26.8. The summed E-state index contributed by atoms with van der Waals surface area (Å²) in [4.78, 5) is 49.5. The zero-order chi connectivity index (χ0) is 30.5. The molecule has 1 N–H and O–H groups in total. The number of para-hydroxylation sites is 1. The molecule has 0 bridgehead atoms. The molecule has 0 radical (unpaired) electrons. The Labute approximate surface area is 255 Å². The van der Waals surface area contributed by atoms with Crippen molar-refractivity contribution in [1.82, 2.24) is 9.80 Å². The molecule has 2 saturated heterocycles. The fraction of sp³-hybridized carbons (Fsp3) is 0.618. The molecular weight excluding hydrogens is 546 g/mol. The van der Waals surface area contributed by atoms with Gasteiger partial charge < -0.3 is 19.8 Å². The van der Waals surface area contributed by atoms with Crippen molar-refractivity contribution in [3.8, 4) is 0 Å². The van der Waals surface area contributed by atoms with E-state index in [4.69, 9.17) is 0 Å². The van der Waals surface area contributed by atoms with Gasteiger partial charge in [-0.25, -0.2) is 0 Å². The van der Waals surface area contributed by atoms with Gasteiger partial charge in [0.05, 0.1) is 16.6 Å². The Balaban J connectivity index is 1.59. The summed E-state index contributed by atoms with van der Waals surface area (Å²) in [6.45, 7) is 14.3. The van der Waals surface area contributed by atoms with Crippen LogP contribution in [0.5, 0.6) is 0 Å². The van der Waals surface area contributed by atoms with Gasteiger partial charge in [0.25, 0.3) is 0 Å². The van der Waals surface area contributed by atoms with Gasteiger partial charge in [0.15, 0.2) is 0 Å². The number of carbonyl (C=O) groups excluding carboxylic acids is 3. The summed E-state index contributed by atoms with van der Waals surface area (Å²) in [5.41, 5.74) is 0.399. The van der Waals surface area contributed by atoms with Gasteiger partial charge in [-0.1, -0.05) is 63.3 Å². The molecule has 4 aliphatic heterocycles. The molecule has 0 aliphatic carbocycles. The predicted octanol–water partition coefficient (Wildman–Crippen LogP) is 5.05. The summed E-state index contributed by atoms with van der Waals surface area (Å²) in [5, 5.41) is 9.35. The van der Waals surface area contributed by atoms with Gasteiger partial charge in [0, 0.05) is 42.2 Å². The number of aliphatic hydroxyl groups excluding tert-OH is 1. The second-order valence-corrected chi connectivity index (χ2v) is 16.2. The fourth-order valence-electron chi connectivity index (χ4n) is 8.11. The van der Waals surface area contributed by atoms with Crippen LogP contribution in [0.25, 0.3) is 0 Å². The second-order valence-electron chi connectivity index (χ2n) is 14.4. The van der Waals surface area contributed by atoms with Crippen LogP contribution in [0.4, 0.5) is 5.69 Å². The SMILES string of the molecule is CC(C)(C)CC(C)(C)N1CC=C[C@]23S[C@]4(C)C=CCN(c5ccccc5)C(=O)[C@@H]4[C@H]2C(=O)N(CCCCCO)C3C1=O. The van der Waals surface area contributed by atoms with E-state index in [0.717, 1.165) is 18.5 Å². The Morgan fingerprint density at radius 1 is 0.881 bits per heavy atom. The monoisotopic (exact) mass is 593 g/mol. The maximum atomic E-state index is 14.8. The number of hydrogen-bond donors (Lipinski definition) is 1. The number of anilines is 1. The Morgan fingerprint density at radius 2 is 1.57 bits per heavy atom. The lowest BCUT2D eigenvalue weighted by molar-refractivity contribution is -0.146. The molecule has 3 amide bonds. The van der Waals surface area contributed by atoms with Crippen LogP contribution < -0.4 is 4.90 Å². The normalized spacial score (nSPS) is 31.3. The van der Waals surface area contributed by atoms with Gasteiger partial charge in [-0.15, -0.1) is 11.8 Å². The molecule has 228 valence electrons. The average molecular weight is 594 g/mol. The number of amides is 3. The predicted molar refractivity (Wildman–Crippen MR) is 169 cm³/mol. The average Bonchev–Trinajstić information content (AvgIpc) is 3.16. The summed E-state index contributed by atoms with van der Waals surface area (Å²) in [5.74, 6) is -1.45. The van der Waals surface area contributed by atoms with Crippen LogP contribution in [-0.2, 0) is 14.4 Å². The molecular formula is C34H47N3O4S. The number of fused-ring (bicyclic) bond motifs is 2. The minimum Gasteiger partial charge on any atom is -0.396 e. The van der Waals surface area contributed by atoms with E-state index in [-0.39, 0.29) is 29.7 Å². The topological polar surface area (TPSA) is 81.2 Å². The molecule has 5 atom stereocenters. The van der Waals surface area contributed by atoms with Gasteiger partial charge in [-0.05, 0) is 64.0 Å². The molecule has 5 rings (SSSR count). The zero-order valence-electron chi connectivity index (χ0n) is 26.0. The summed E-state index contributed by atoms with van der Waals surface area (Å²) in [6, 6.07) is 8.95. The van der Waals surface area contributed by atoms with Crippen molar-refractivity contribution in [3.05, 3.63) is 54.6 Å². The third-order valence-corrected chi connectivity index (χ3v) is 11.2. The minimum absolute atomic E-state index is 0.0103. The summed E-state index contributed by atoms with van der Waals surface area (Å²) in [7, 11) is 0. The number of hydrogen-bond acceptors (Lipinski definition) is 5. The Kier molecular flexibility index (Phi) is 8.20. The third-order valence-electron chi connectivity index (χ3n) is 9.38. The highest BCUT2D eigenvalue weighted by molar-refractivity contribution is 8.02. The Hall–Kier alpha value is -2.58. The number of nitrogens with zero attached hydrogens (tertiary/aromatic N) is 3. The molecule has 1 spiro atoms. The lowest BCUT2D eigenvalue weighted by Gasteiger charge is -2.44. The molecule has 0 aromatic heterocycles. The third kappa shape index (κ3) is 5.23. The maximum Gasteiger partial charge on any atom is 0.247 e. The molecule has 0 saturated carbocycles. The number of carbonyl (C=O) groups is 3. The van der Waals surface area contributed by atoms with Crippen LogP contribution in [-0.4, -0.2) is 79.9 Å². The first-order valence-corrected chi connectivity index (χ1v) is 16.2. The van der Waals surface area contributed by atoms with Crippen LogP contribution in [0.1, 0.15) is 67.2 Å². The molecule has 4 heterocycles. The Morgan fingerprint density at radius 3 is 2.24 bits per heavy atom. The quantitative estimate of drug-likeness (QED) is 0.337. The molecule has 1 unspecified atom stereocenters. The molecule has 4 aliphatic rings. The van der Waals surface area contributed by atoms with Crippen molar-refractivity contribution < 1.29 is 19.5 Å². The molecule has 1 aromatic rings. The van der Waals surface area contributed by atoms with Crippen molar-refractivity contribution >= 4 is 35.2 Å². The van der Waals surface area contributed by atoms with Crippen LogP contribution >= 0.6 is 11.8 Å². The highest BCUT2D eigenvalue weighted by Crippen LogP contribution is 2.65. The lowest BCUT2D eigenvalue weighted by atomic mass is 9.74. The molecule has 7 nitrogen and oxygen atoms in total. The van der Waals surface area contributed by atoms with E-state index >= 15 is 0 Å². The van der Waals surface area contributed by atoms with E-state index in [1.807, 2.05) is 41.3 Å². The standard InChI is InChI=1S/C34H47N3O4S/c1-31(2,3)23-32(4,5)37-21-14-18-34-26(29(40)36(27(34)30(37)41)19-11-8-12-22-38)25-28(39)35(24-15-9-7-10-16-24)20-13-17-33(25,6)42-34/h7,9-10,13-18,25-27,38H,8,11-12,19-23H2,1-6H3/t25-,26-,27?,33+,34-/m0/s1. The van der Waals surface area contributed by atoms with Gasteiger partial charge in [0.1, 0.15) is 6.04 Å². The number of rotatable bonds is 8. The lowest BCUT2D eigenvalue weighted by Crippen LogP contribution is -2.58. The fourth-order valence-corrected chi connectivity index (χ4v) is 10.3. The van der Waals surface area contributed by atoms with E-state index in [1.54, 1.807) is 21.6 Å². The number of benzene rings is 1. The summed E-state index contributed by atoms with van der Waals surface area (Å²) in [6.07, 6.45) is 11.3. The van der Waals surface area contributed by atoms with Gasteiger partial charge in [-0.2, -0.15) is 0 Å². The van der Waals surface area contributed by atoms with Gasteiger partial charge in [-0.3, -0.25) is 14.4 Å². The first-order chi connectivity index (χ1) is 19.8. The molecule has 2 fully saturated rings. The number of unbranched alkanes of at least 4 members (excludes halogenated alkanes) is 2.